The zero-order valence-corrected chi connectivity index (χ0v) is 21.5. The van der Waals surface area contributed by atoms with Crippen LogP contribution in [0.2, 0.25) is 0 Å². The minimum Gasteiger partial charge on any atom is -0.461 e. The van der Waals surface area contributed by atoms with Crippen molar-refractivity contribution in [3.05, 3.63) is 60.2 Å². The summed E-state index contributed by atoms with van der Waals surface area (Å²) < 4.78 is 12.3. The van der Waals surface area contributed by atoms with Gasteiger partial charge in [0.2, 0.25) is 11.8 Å². The summed E-state index contributed by atoms with van der Waals surface area (Å²) in [5.41, 5.74) is -1.68. The molecule has 1 unspecified atom stereocenters. The van der Waals surface area contributed by atoms with E-state index in [4.69, 9.17) is 9.47 Å². The number of aliphatic hydroxyl groups excluding tert-OH is 1. The van der Waals surface area contributed by atoms with Crippen molar-refractivity contribution < 1.29 is 29.0 Å². The SMILES string of the molecule is CCCCCN1CC=C[C@]23O[C@]4(CC)C=CCOC(=O)[C@@H]4[C@H]2C(=O)N([C@H](CO)c2ccccc2)C3C1=O. The van der Waals surface area contributed by atoms with Crippen LogP contribution < -0.4 is 0 Å². The first-order valence-corrected chi connectivity index (χ1v) is 13.4. The molecule has 0 aromatic heterocycles. The fourth-order valence-corrected chi connectivity index (χ4v) is 6.70. The summed E-state index contributed by atoms with van der Waals surface area (Å²) in [5.74, 6) is -2.91. The Balaban J connectivity index is 1.66. The molecule has 1 aromatic carbocycles. The van der Waals surface area contributed by atoms with Gasteiger partial charge in [0, 0.05) is 13.1 Å². The number of esters is 1. The summed E-state index contributed by atoms with van der Waals surface area (Å²) in [5, 5.41) is 10.6. The van der Waals surface area contributed by atoms with E-state index in [1.165, 1.54) is 4.90 Å². The summed E-state index contributed by atoms with van der Waals surface area (Å²) in [6.45, 7) is 4.75. The van der Waals surface area contributed by atoms with Crippen LogP contribution in [0.5, 0.6) is 0 Å². The van der Waals surface area contributed by atoms with Crippen LogP contribution in [0.4, 0.5) is 0 Å². The maximum absolute atomic E-state index is 14.4. The maximum atomic E-state index is 14.4. The monoisotopic (exact) mass is 508 g/mol. The lowest BCUT2D eigenvalue weighted by Gasteiger charge is -2.40. The molecule has 5 rings (SSSR count). The van der Waals surface area contributed by atoms with Crippen molar-refractivity contribution in [2.45, 2.75) is 62.8 Å². The average molecular weight is 509 g/mol. The largest absolute Gasteiger partial charge is 0.461 e. The third-order valence-electron chi connectivity index (χ3n) is 8.44. The maximum Gasteiger partial charge on any atom is 0.313 e. The van der Waals surface area contributed by atoms with E-state index in [2.05, 4.69) is 6.92 Å². The Morgan fingerprint density at radius 2 is 1.81 bits per heavy atom. The fraction of sp³-hybridized carbons (Fsp3) is 0.552. The molecule has 4 aliphatic heterocycles. The Hall–Kier alpha value is -2.97. The van der Waals surface area contributed by atoms with Crippen molar-refractivity contribution in [3.8, 4) is 0 Å². The molecule has 4 heterocycles. The molecular weight excluding hydrogens is 472 g/mol. The minimum absolute atomic E-state index is 0.116. The molecule has 2 saturated heterocycles. The molecule has 198 valence electrons. The highest BCUT2D eigenvalue weighted by Gasteiger charge is 2.76. The molecule has 2 amide bonds. The first kappa shape index (κ1) is 25.7. The van der Waals surface area contributed by atoms with Gasteiger partial charge in [0.25, 0.3) is 0 Å². The van der Waals surface area contributed by atoms with Gasteiger partial charge < -0.3 is 24.4 Å². The van der Waals surface area contributed by atoms with Crippen molar-refractivity contribution in [1.29, 1.82) is 0 Å². The molecule has 8 heteroatoms. The molecule has 1 spiro atoms. The Labute approximate surface area is 217 Å². The van der Waals surface area contributed by atoms with Crippen molar-refractivity contribution >= 4 is 17.8 Å². The number of rotatable bonds is 8. The van der Waals surface area contributed by atoms with E-state index >= 15 is 0 Å². The zero-order chi connectivity index (χ0) is 26.2. The number of nitrogens with zero attached hydrogens (tertiary/aromatic N) is 2. The molecule has 4 aliphatic rings. The van der Waals surface area contributed by atoms with Crippen LogP contribution in [0.1, 0.15) is 51.1 Å². The zero-order valence-electron chi connectivity index (χ0n) is 21.5. The Kier molecular flexibility index (Phi) is 6.98. The predicted octanol–water partition coefficient (Wildman–Crippen LogP) is 2.78. The third-order valence-corrected chi connectivity index (χ3v) is 8.44. The minimum atomic E-state index is -1.35. The predicted molar refractivity (Wildman–Crippen MR) is 136 cm³/mol. The lowest BCUT2D eigenvalue weighted by Crippen LogP contribution is -2.57. The summed E-state index contributed by atoms with van der Waals surface area (Å²) in [7, 11) is 0. The Morgan fingerprint density at radius 3 is 2.51 bits per heavy atom. The second-order valence-electron chi connectivity index (χ2n) is 10.4. The smallest absolute Gasteiger partial charge is 0.313 e. The number of likely N-dealkylation sites (tertiary alicyclic amines) is 1. The number of hydrogen-bond acceptors (Lipinski definition) is 6. The fourth-order valence-electron chi connectivity index (χ4n) is 6.70. The topological polar surface area (TPSA) is 96.4 Å². The highest BCUT2D eigenvalue weighted by molar-refractivity contribution is 5.99. The number of hydrogen-bond donors (Lipinski definition) is 1. The second kappa shape index (κ2) is 10.1. The van der Waals surface area contributed by atoms with Gasteiger partial charge in [0.15, 0.2) is 0 Å². The van der Waals surface area contributed by atoms with Crippen molar-refractivity contribution in [2.24, 2.45) is 11.8 Å². The Bertz CT molecular complexity index is 1100. The van der Waals surface area contributed by atoms with Gasteiger partial charge in [-0.05, 0) is 24.5 Å². The van der Waals surface area contributed by atoms with E-state index in [1.807, 2.05) is 55.5 Å². The van der Waals surface area contributed by atoms with Crippen LogP contribution in [-0.4, -0.2) is 76.2 Å². The first-order valence-electron chi connectivity index (χ1n) is 13.4. The van der Waals surface area contributed by atoms with Gasteiger partial charge in [-0.1, -0.05) is 75.2 Å². The van der Waals surface area contributed by atoms with Crippen LogP contribution in [0.15, 0.2) is 54.6 Å². The van der Waals surface area contributed by atoms with Gasteiger partial charge in [-0.3, -0.25) is 14.4 Å². The molecule has 6 atom stereocenters. The number of amides is 2. The van der Waals surface area contributed by atoms with Gasteiger partial charge in [0.1, 0.15) is 29.8 Å². The summed E-state index contributed by atoms with van der Waals surface area (Å²) >= 11 is 0. The van der Waals surface area contributed by atoms with Crippen LogP contribution in [0.25, 0.3) is 0 Å². The lowest BCUT2D eigenvalue weighted by atomic mass is 9.73. The van der Waals surface area contributed by atoms with E-state index < -0.39 is 41.1 Å². The van der Waals surface area contributed by atoms with E-state index in [-0.39, 0.29) is 25.0 Å². The van der Waals surface area contributed by atoms with Crippen molar-refractivity contribution in [3.63, 3.8) is 0 Å². The number of fused-ring (bicyclic) bond motifs is 2. The number of carbonyl (C=O) groups excluding carboxylic acids is 3. The number of benzene rings is 1. The molecule has 0 bridgehead atoms. The number of ether oxygens (including phenoxy) is 2. The Morgan fingerprint density at radius 1 is 1.03 bits per heavy atom. The molecular formula is C29H36N2O6. The molecule has 0 radical (unpaired) electrons. The summed E-state index contributed by atoms with van der Waals surface area (Å²) in [6, 6.07) is 7.45. The highest BCUT2D eigenvalue weighted by atomic mass is 16.6. The van der Waals surface area contributed by atoms with Crippen molar-refractivity contribution in [1.82, 2.24) is 9.80 Å². The molecule has 2 fully saturated rings. The summed E-state index contributed by atoms with van der Waals surface area (Å²) in [6.07, 6.45) is 10.7. The first-order chi connectivity index (χ1) is 17.9. The molecule has 1 aromatic rings. The molecule has 0 saturated carbocycles. The number of cyclic esters (lactones) is 1. The van der Waals surface area contributed by atoms with E-state index in [0.29, 0.717) is 19.5 Å². The second-order valence-corrected chi connectivity index (χ2v) is 10.4. The number of aliphatic hydroxyl groups is 1. The highest BCUT2D eigenvalue weighted by Crippen LogP contribution is 2.59. The average Bonchev–Trinajstić information content (AvgIpc) is 3.19. The van der Waals surface area contributed by atoms with Gasteiger partial charge >= 0.3 is 5.97 Å². The normalized spacial score (nSPS) is 33.5. The quantitative estimate of drug-likeness (QED) is 0.330. The van der Waals surface area contributed by atoms with Crippen LogP contribution in [-0.2, 0) is 23.9 Å². The van der Waals surface area contributed by atoms with Crippen molar-refractivity contribution in [2.75, 3.05) is 26.3 Å². The van der Waals surface area contributed by atoms with Gasteiger partial charge in [-0.2, -0.15) is 0 Å². The van der Waals surface area contributed by atoms with Gasteiger partial charge in [0.05, 0.1) is 18.6 Å². The third kappa shape index (κ3) is 3.92. The van der Waals surface area contributed by atoms with Gasteiger partial charge in [-0.25, -0.2) is 0 Å². The van der Waals surface area contributed by atoms with E-state index in [1.54, 1.807) is 11.0 Å². The van der Waals surface area contributed by atoms with Crippen LogP contribution in [0, 0.1) is 11.8 Å². The standard InChI is InChI=1S/C29H36N2O6/c1-3-5-9-16-30-17-10-15-29-22(23-27(35)36-18-11-14-28(23,4-2)37-29)25(33)31(24(29)26(30)34)21(19-32)20-12-7-6-8-13-20/h6-8,10-15,21-24,32H,3-5,9,16-19H2,1-2H3/t21-,22+,23+,24?,28-,29+/m1/s1. The molecule has 37 heavy (non-hydrogen) atoms. The molecule has 8 nitrogen and oxygen atoms in total. The van der Waals surface area contributed by atoms with Crippen LogP contribution in [0.3, 0.4) is 0 Å². The van der Waals surface area contributed by atoms with E-state index in [0.717, 1.165) is 24.8 Å². The van der Waals surface area contributed by atoms with Crippen LogP contribution >= 0.6 is 0 Å². The molecule has 0 aliphatic carbocycles. The lowest BCUT2D eigenvalue weighted by molar-refractivity contribution is -0.161. The molecule has 1 N–H and O–H groups in total. The van der Waals surface area contributed by atoms with E-state index in [9.17, 15) is 19.5 Å². The number of unbranched alkanes of at least 4 members (excludes halogenated alkanes) is 2. The number of carbonyl (C=O) groups is 3. The van der Waals surface area contributed by atoms with Gasteiger partial charge in [-0.15, -0.1) is 0 Å². The summed E-state index contributed by atoms with van der Waals surface area (Å²) in [4.78, 5) is 45.4.